The van der Waals surface area contributed by atoms with Gasteiger partial charge in [-0.3, -0.25) is 9.59 Å². The lowest BCUT2D eigenvalue weighted by Gasteiger charge is -2.31. The summed E-state index contributed by atoms with van der Waals surface area (Å²) in [4.78, 5) is 29.1. The van der Waals surface area contributed by atoms with E-state index in [1.165, 1.54) is 12.1 Å². The molecule has 0 unspecified atom stereocenters. The van der Waals surface area contributed by atoms with E-state index < -0.39 is 16.1 Å². The zero-order valence-electron chi connectivity index (χ0n) is 23.8. The molecule has 2 N–H and O–H groups in total. The van der Waals surface area contributed by atoms with Crippen LogP contribution in [0.1, 0.15) is 42.4 Å². The first-order chi connectivity index (χ1) is 20.2. The minimum atomic E-state index is -3.56. The van der Waals surface area contributed by atoms with Gasteiger partial charge in [-0.15, -0.1) is 0 Å². The van der Waals surface area contributed by atoms with Crippen LogP contribution < -0.4 is 10.0 Å². The summed E-state index contributed by atoms with van der Waals surface area (Å²) in [6.45, 7) is 1.03. The maximum atomic E-state index is 13.8. The Morgan fingerprint density at radius 3 is 2.26 bits per heavy atom. The van der Waals surface area contributed by atoms with E-state index in [0.29, 0.717) is 38.0 Å². The van der Waals surface area contributed by atoms with Gasteiger partial charge >= 0.3 is 0 Å². The van der Waals surface area contributed by atoms with Crippen molar-refractivity contribution in [3.05, 3.63) is 101 Å². The van der Waals surface area contributed by atoms with E-state index in [9.17, 15) is 22.4 Å². The fraction of sp³-hybridized carbons (Fsp3) is 0.375. The number of hydrogen-bond acceptors (Lipinski definition) is 5. The number of rotatable bonds is 16. The monoisotopic (exact) mass is 595 g/mol. The van der Waals surface area contributed by atoms with Gasteiger partial charge in [0.25, 0.3) is 0 Å². The second kappa shape index (κ2) is 15.0. The summed E-state index contributed by atoms with van der Waals surface area (Å²) in [7, 11) is -1.96. The van der Waals surface area contributed by atoms with Crippen molar-refractivity contribution in [3.8, 4) is 0 Å². The predicted octanol–water partition coefficient (Wildman–Crippen LogP) is 3.99. The first-order valence-electron chi connectivity index (χ1n) is 14.2. The molecule has 0 bridgehead atoms. The van der Waals surface area contributed by atoms with E-state index >= 15 is 0 Å². The lowest BCUT2D eigenvalue weighted by Crippen LogP contribution is -2.50. The van der Waals surface area contributed by atoms with E-state index in [0.717, 1.165) is 24.0 Å². The Kier molecular flexibility index (Phi) is 11.2. The molecule has 1 atom stereocenters. The standard InChI is InChI=1S/C32H38FN3O5S/c1-41-21-5-20-34-32(38)30(22-25-6-3-2-4-7-25)36(23-26-8-13-27(33)14-9-26)31(37)19-12-24-10-17-29(18-11-24)42(39,40)35-28-15-16-28/h2-4,6-11,13-14,17-18,28,30,35H,5,12,15-16,19-23H2,1H3,(H,34,38)/t30-/m1/s1. The summed E-state index contributed by atoms with van der Waals surface area (Å²) in [5, 5.41) is 2.94. The zero-order chi connectivity index (χ0) is 30.0. The van der Waals surface area contributed by atoms with Gasteiger partial charge in [0.05, 0.1) is 4.90 Å². The molecule has 0 radical (unpaired) electrons. The normalized spacial score (nSPS) is 13.9. The first kappa shape index (κ1) is 31.3. The molecule has 1 aliphatic rings. The smallest absolute Gasteiger partial charge is 0.243 e. The third kappa shape index (κ3) is 9.47. The largest absolute Gasteiger partial charge is 0.385 e. The van der Waals surface area contributed by atoms with Gasteiger partial charge < -0.3 is 15.0 Å². The number of carbonyl (C=O) groups is 2. The van der Waals surface area contributed by atoms with Crippen molar-refractivity contribution in [1.82, 2.24) is 14.9 Å². The van der Waals surface area contributed by atoms with Crippen LogP contribution >= 0.6 is 0 Å². The summed E-state index contributed by atoms with van der Waals surface area (Å²) in [5.74, 6) is -0.895. The van der Waals surface area contributed by atoms with Crippen molar-refractivity contribution in [3.63, 3.8) is 0 Å². The van der Waals surface area contributed by atoms with E-state index in [1.807, 2.05) is 30.3 Å². The summed E-state index contributed by atoms with van der Waals surface area (Å²) in [6.07, 6.45) is 3.12. The Balaban J connectivity index is 1.52. The number of ether oxygens (including phenoxy) is 1. The number of hydrogen-bond donors (Lipinski definition) is 2. The molecule has 224 valence electrons. The lowest BCUT2D eigenvalue weighted by atomic mass is 10.0. The van der Waals surface area contributed by atoms with Crippen molar-refractivity contribution in [1.29, 1.82) is 0 Å². The van der Waals surface area contributed by atoms with Gasteiger partial charge in [-0.05, 0) is 66.6 Å². The molecule has 4 rings (SSSR count). The van der Waals surface area contributed by atoms with Crippen molar-refractivity contribution in [2.75, 3.05) is 20.3 Å². The Labute approximate surface area is 247 Å². The molecule has 1 fully saturated rings. The molecule has 2 amide bonds. The minimum absolute atomic E-state index is 0.0143. The second-order valence-corrected chi connectivity index (χ2v) is 12.2. The molecule has 8 nitrogen and oxygen atoms in total. The molecule has 1 aliphatic carbocycles. The fourth-order valence-electron chi connectivity index (χ4n) is 4.61. The molecule has 1 saturated carbocycles. The van der Waals surface area contributed by atoms with Crippen LogP contribution in [-0.2, 0) is 43.7 Å². The Morgan fingerprint density at radius 1 is 0.952 bits per heavy atom. The van der Waals surface area contributed by atoms with E-state index in [2.05, 4.69) is 10.0 Å². The number of nitrogens with one attached hydrogen (secondary N) is 2. The molecule has 0 spiro atoms. The number of sulfonamides is 1. The number of nitrogens with zero attached hydrogens (tertiary/aromatic N) is 1. The van der Waals surface area contributed by atoms with Crippen LogP contribution in [0.2, 0.25) is 0 Å². The number of amides is 2. The van der Waals surface area contributed by atoms with Crippen LogP contribution in [0, 0.1) is 5.82 Å². The summed E-state index contributed by atoms with van der Waals surface area (Å²) in [5.41, 5.74) is 2.41. The topological polar surface area (TPSA) is 105 Å². The van der Waals surface area contributed by atoms with Gasteiger partial charge in [-0.1, -0.05) is 54.6 Å². The predicted molar refractivity (Wildman–Crippen MR) is 158 cm³/mol. The average molecular weight is 596 g/mol. The summed E-state index contributed by atoms with van der Waals surface area (Å²) in [6, 6.07) is 21.1. The van der Waals surface area contributed by atoms with Crippen molar-refractivity contribution in [2.45, 2.75) is 62.0 Å². The van der Waals surface area contributed by atoms with E-state index in [4.69, 9.17) is 4.74 Å². The zero-order valence-corrected chi connectivity index (χ0v) is 24.6. The molecule has 0 saturated heterocycles. The van der Waals surface area contributed by atoms with Crippen LogP contribution in [0.4, 0.5) is 4.39 Å². The number of benzene rings is 3. The molecular weight excluding hydrogens is 557 g/mol. The highest BCUT2D eigenvalue weighted by atomic mass is 32.2. The molecule has 10 heteroatoms. The van der Waals surface area contributed by atoms with Crippen LogP contribution in [0.25, 0.3) is 0 Å². The number of carbonyl (C=O) groups excluding carboxylic acids is 2. The molecule has 3 aromatic rings. The van der Waals surface area contributed by atoms with Gasteiger partial charge in [-0.25, -0.2) is 17.5 Å². The quantitative estimate of drug-likeness (QED) is 0.244. The van der Waals surface area contributed by atoms with Gasteiger partial charge in [0.1, 0.15) is 11.9 Å². The fourth-order valence-corrected chi connectivity index (χ4v) is 5.91. The maximum Gasteiger partial charge on any atom is 0.243 e. The van der Waals surface area contributed by atoms with Gasteiger partial charge in [0, 0.05) is 45.7 Å². The highest BCUT2D eigenvalue weighted by molar-refractivity contribution is 7.89. The number of methoxy groups -OCH3 is 1. The molecule has 42 heavy (non-hydrogen) atoms. The van der Waals surface area contributed by atoms with Crippen LogP contribution in [-0.4, -0.2) is 57.5 Å². The molecule has 3 aromatic carbocycles. The lowest BCUT2D eigenvalue weighted by molar-refractivity contribution is -0.141. The van der Waals surface area contributed by atoms with Gasteiger partial charge in [0.2, 0.25) is 21.8 Å². The summed E-state index contributed by atoms with van der Waals surface area (Å²) >= 11 is 0. The van der Waals surface area contributed by atoms with Crippen LogP contribution in [0.3, 0.4) is 0 Å². The molecule has 0 aliphatic heterocycles. The molecule has 0 aromatic heterocycles. The molecule has 0 heterocycles. The first-order valence-corrected chi connectivity index (χ1v) is 15.7. The van der Waals surface area contributed by atoms with Gasteiger partial charge in [-0.2, -0.15) is 0 Å². The molecular formula is C32H38FN3O5S. The maximum absolute atomic E-state index is 13.8. The Hall–Kier alpha value is -3.60. The second-order valence-electron chi connectivity index (χ2n) is 10.5. The third-order valence-electron chi connectivity index (χ3n) is 7.12. The van der Waals surface area contributed by atoms with Crippen molar-refractivity contribution < 1.29 is 27.1 Å². The van der Waals surface area contributed by atoms with Crippen LogP contribution in [0.5, 0.6) is 0 Å². The van der Waals surface area contributed by atoms with E-state index in [-0.39, 0.29) is 41.5 Å². The number of aryl methyl sites for hydroxylation is 1. The van der Waals surface area contributed by atoms with Gasteiger partial charge in [0.15, 0.2) is 0 Å². The minimum Gasteiger partial charge on any atom is -0.385 e. The van der Waals surface area contributed by atoms with Crippen molar-refractivity contribution in [2.24, 2.45) is 0 Å². The highest BCUT2D eigenvalue weighted by Gasteiger charge is 2.30. The Bertz CT molecular complexity index is 1410. The van der Waals surface area contributed by atoms with Crippen LogP contribution in [0.15, 0.2) is 83.8 Å². The highest BCUT2D eigenvalue weighted by Crippen LogP contribution is 2.23. The van der Waals surface area contributed by atoms with E-state index in [1.54, 1.807) is 48.4 Å². The third-order valence-corrected chi connectivity index (χ3v) is 8.66. The van der Waals surface area contributed by atoms with Crippen molar-refractivity contribution >= 4 is 21.8 Å². The summed E-state index contributed by atoms with van der Waals surface area (Å²) < 4.78 is 46.4. The SMILES string of the molecule is COCCCNC(=O)[C@@H](Cc1ccccc1)N(Cc1ccc(F)cc1)C(=O)CCc1ccc(S(=O)(=O)NC2CC2)cc1. The average Bonchev–Trinajstić information content (AvgIpc) is 3.81. The Morgan fingerprint density at radius 2 is 1.62 bits per heavy atom. The number of halogens is 1.